The number of benzene rings is 2. The topological polar surface area (TPSA) is 88.5 Å². The van der Waals surface area contributed by atoms with Crippen LogP contribution in [0.1, 0.15) is 18.4 Å². The van der Waals surface area contributed by atoms with Crippen LogP contribution in [-0.2, 0) is 21.9 Å². The molecule has 9 heteroatoms. The summed E-state index contributed by atoms with van der Waals surface area (Å²) in [5.41, 5.74) is 2.76. The maximum absolute atomic E-state index is 12.8. The smallest absolute Gasteiger partial charge is 0.307 e. The van der Waals surface area contributed by atoms with Gasteiger partial charge in [0, 0.05) is 31.4 Å². The van der Waals surface area contributed by atoms with Gasteiger partial charge < -0.3 is 9.47 Å². The first-order valence-corrected chi connectivity index (χ1v) is 11.1. The van der Waals surface area contributed by atoms with Crippen molar-refractivity contribution in [3.05, 3.63) is 51.6 Å². The SMILES string of the molecule is Cc1cc(NS(=O)(=O)c2ccc3c(c2)sc(=O)n3C)ccc1N1CCCC1=O. The lowest BCUT2D eigenvalue weighted by atomic mass is 10.1. The number of anilines is 2. The molecular formula is C19H19N3O4S2. The number of rotatable bonds is 4. The quantitative estimate of drug-likeness (QED) is 0.707. The van der Waals surface area contributed by atoms with E-state index in [0.29, 0.717) is 28.9 Å². The number of sulfonamides is 1. The van der Waals surface area contributed by atoms with Gasteiger partial charge in [-0.1, -0.05) is 11.3 Å². The number of fused-ring (bicyclic) bond motifs is 1. The standard InChI is InChI=1S/C19H19N3O4S2/c1-12-10-13(5-7-15(12)22-9-3-4-18(22)23)20-28(25,26)14-6-8-16-17(11-14)27-19(24)21(16)2/h5-8,10-11,20H,3-4,9H2,1-2H3. The molecule has 0 saturated carbocycles. The van der Waals surface area contributed by atoms with E-state index in [-0.39, 0.29) is 15.7 Å². The molecule has 7 nitrogen and oxygen atoms in total. The van der Waals surface area contributed by atoms with Crippen molar-refractivity contribution in [2.24, 2.45) is 7.05 Å². The van der Waals surface area contributed by atoms with Crippen LogP contribution >= 0.6 is 11.3 Å². The average Bonchev–Trinajstić information content (AvgIpc) is 3.18. The third-order valence-corrected chi connectivity index (χ3v) is 7.26. The molecule has 1 saturated heterocycles. The third-order valence-electron chi connectivity index (χ3n) is 4.89. The van der Waals surface area contributed by atoms with Crippen LogP contribution < -0.4 is 14.5 Å². The molecule has 146 valence electrons. The number of hydrogen-bond donors (Lipinski definition) is 1. The van der Waals surface area contributed by atoms with Crippen molar-refractivity contribution in [3.8, 4) is 0 Å². The van der Waals surface area contributed by atoms with E-state index >= 15 is 0 Å². The van der Waals surface area contributed by atoms with Crippen molar-refractivity contribution in [1.29, 1.82) is 0 Å². The molecule has 1 amide bonds. The second-order valence-electron chi connectivity index (χ2n) is 6.81. The zero-order valence-electron chi connectivity index (χ0n) is 15.4. The van der Waals surface area contributed by atoms with Crippen LogP contribution in [0.3, 0.4) is 0 Å². The molecule has 1 N–H and O–H groups in total. The van der Waals surface area contributed by atoms with Crippen LogP contribution in [-0.4, -0.2) is 25.4 Å². The van der Waals surface area contributed by atoms with Crippen molar-refractivity contribution in [2.45, 2.75) is 24.7 Å². The van der Waals surface area contributed by atoms with Gasteiger partial charge in [0.15, 0.2) is 0 Å². The second-order valence-corrected chi connectivity index (χ2v) is 9.49. The summed E-state index contributed by atoms with van der Waals surface area (Å²) in [6, 6.07) is 9.77. The predicted molar refractivity (Wildman–Crippen MR) is 111 cm³/mol. The Balaban J connectivity index is 1.63. The Morgan fingerprint density at radius 2 is 1.89 bits per heavy atom. The van der Waals surface area contributed by atoms with Crippen LogP contribution in [0.25, 0.3) is 10.2 Å². The molecule has 1 aliphatic heterocycles. The first kappa shape index (κ1) is 18.7. The van der Waals surface area contributed by atoms with Gasteiger partial charge in [-0.2, -0.15) is 0 Å². The summed E-state index contributed by atoms with van der Waals surface area (Å²) < 4.78 is 30.3. The van der Waals surface area contributed by atoms with Crippen molar-refractivity contribution in [2.75, 3.05) is 16.2 Å². The summed E-state index contributed by atoms with van der Waals surface area (Å²) in [6.07, 6.45) is 1.38. The fourth-order valence-electron chi connectivity index (χ4n) is 3.42. The van der Waals surface area contributed by atoms with Crippen LogP contribution in [0.4, 0.5) is 11.4 Å². The van der Waals surface area contributed by atoms with E-state index in [1.54, 1.807) is 36.2 Å². The normalized spacial score (nSPS) is 14.8. The Kier molecular flexibility index (Phi) is 4.51. The van der Waals surface area contributed by atoms with Gasteiger partial charge in [-0.3, -0.25) is 14.3 Å². The number of aromatic nitrogens is 1. The second kappa shape index (κ2) is 6.75. The summed E-state index contributed by atoms with van der Waals surface area (Å²) in [6.45, 7) is 2.54. The zero-order valence-corrected chi connectivity index (χ0v) is 17.1. The monoisotopic (exact) mass is 417 g/mol. The Morgan fingerprint density at radius 3 is 2.57 bits per heavy atom. The molecule has 0 atom stereocenters. The van der Waals surface area contributed by atoms with Gasteiger partial charge >= 0.3 is 4.87 Å². The minimum absolute atomic E-state index is 0.0894. The number of hydrogen-bond acceptors (Lipinski definition) is 5. The Morgan fingerprint density at radius 1 is 1.11 bits per heavy atom. The van der Waals surface area contributed by atoms with Gasteiger partial charge in [0.2, 0.25) is 5.91 Å². The van der Waals surface area contributed by atoms with Crippen LogP contribution in [0, 0.1) is 6.92 Å². The molecule has 0 spiro atoms. The lowest BCUT2D eigenvalue weighted by molar-refractivity contribution is -0.117. The highest BCUT2D eigenvalue weighted by Gasteiger charge is 2.23. The summed E-state index contributed by atoms with van der Waals surface area (Å²) in [4.78, 5) is 25.4. The van der Waals surface area contributed by atoms with Crippen molar-refractivity contribution in [3.63, 3.8) is 0 Å². The van der Waals surface area contributed by atoms with E-state index < -0.39 is 10.0 Å². The highest BCUT2D eigenvalue weighted by Crippen LogP contribution is 2.29. The first-order chi connectivity index (χ1) is 13.3. The van der Waals surface area contributed by atoms with Crippen molar-refractivity contribution in [1.82, 2.24) is 4.57 Å². The Hall–Kier alpha value is -2.65. The molecule has 0 aliphatic carbocycles. The first-order valence-electron chi connectivity index (χ1n) is 8.80. The predicted octanol–water partition coefficient (Wildman–Crippen LogP) is 2.84. The minimum atomic E-state index is -3.80. The number of amides is 1. The van der Waals surface area contributed by atoms with Crippen molar-refractivity contribution >= 4 is 48.9 Å². The lowest BCUT2D eigenvalue weighted by Crippen LogP contribution is -2.24. The lowest BCUT2D eigenvalue weighted by Gasteiger charge is -2.19. The van der Waals surface area contributed by atoms with Gasteiger partial charge in [0.05, 0.1) is 15.1 Å². The van der Waals surface area contributed by atoms with E-state index in [1.807, 2.05) is 6.92 Å². The largest absolute Gasteiger partial charge is 0.312 e. The molecule has 3 aromatic rings. The fourth-order valence-corrected chi connectivity index (χ4v) is 5.49. The molecule has 4 rings (SSSR count). The summed E-state index contributed by atoms with van der Waals surface area (Å²) in [5.74, 6) is 0.0894. The molecule has 1 fully saturated rings. The molecule has 2 heterocycles. The van der Waals surface area contributed by atoms with Crippen LogP contribution in [0.2, 0.25) is 0 Å². The molecule has 28 heavy (non-hydrogen) atoms. The maximum Gasteiger partial charge on any atom is 0.307 e. The molecule has 0 radical (unpaired) electrons. The molecule has 1 aliphatic rings. The fraction of sp³-hybridized carbons (Fsp3) is 0.263. The number of carbonyl (C=O) groups is 1. The third kappa shape index (κ3) is 3.20. The highest BCUT2D eigenvalue weighted by molar-refractivity contribution is 7.92. The van der Waals surface area contributed by atoms with Gasteiger partial charge in [-0.15, -0.1) is 0 Å². The minimum Gasteiger partial charge on any atom is -0.312 e. The molecule has 2 aromatic carbocycles. The van der Waals surface area contributed by atoms with E-state index in [2.05, 4.69) is 4.72 Å². The number of nitrogens with zero attached hydrogens (tertiary/aromatic N) is 2. The number of carbonyl (C=O) groups excluding carboxylic acids is 1. The summed E-state index contributed by atoms with van der Waals surface area (Å²) in [7, 11) is -2.15. The number of thiazole rings is 1. The molecular weight excluding hydrogens is 398 g/mol. The van der Waals surface area contributed by atoms with Gasteiger partial charge in [-0.05, 0) is 55.3 Å². The van der Waals surface area contributed by atoms with Gasteiger partial charge in [0.25, 0.3) is 10.0 Å². The molecule has 1 aromatic heterocycles. The van der Waals surface area contributed by atoms with Crippen molar-refractivity contribution < 1.29 is 13.2 Å². The number of aryl methyl sites for hydroxylation is 2. The zero-order chi connectivity index (χ0) is 20.1. The Bertz CT molecular complexity index is 1260. The Labute approximate surface area is 166 Å². The van der Waals surface area contributed by atoms with E-state index in [1.165, 1.54) is 16.7 Å². The number of nitrogens with one attached hydrogen (secondary N) is 1. The van der Waals surface area contributed by atoms with E-state index in [0.717, 1.165) is 29.0 Å². The summed E-state index contributed by atoms with van der Waals surface area (Å²) >= 11 is 1.01. The van der Waals surface area contributed by atoms with Gasteiger partial charge in [-0.25, -0.2) is 8.42 Å². The average molecular weight is 418 g/mol. The highest BCUT2D eigenvalue weighted by atomic mass is 32.2. The maximum atomic E-state index is 12.8. The van der Waals surface area contributed by atoms with Gasteiger partial charge in [0.1, 0.15) is 0 Å². The van der Waals surface area contributed by atoms with E-state index in [9.17, 15) is 18.0 Å². The van der Waals surface area contributed by atoms with Crippen LogP contribution in [0.15, 0.2) is 46.1 Å². The summed E-state index contributed by atoms with van der Waals surface area (Å²) in [5, 5.41) is 0. The molecule has 0 bridgehead atoms. The van der Waals surface area contributed by atoms with Crippen LogP contribution in [0.5, 0.6) is 0 Å². The van der Waals surface area contributed by atoms with E-state index in [4.69, 9.17) is 0 Å². The molecule has 0 unspecified atom stereocenters.